The van der Waals surface area contributed by atoms with Crippen LogP contribution < -0.4 is 5.32 Å². The number of benzene rings is 2. The summed E-state index contributed by atoms with van der Waals surface area (Å²) in [4.78, 5) is 16.6. The zero-order valence-corrected chi connectivity index (χ0v) is 16.2. The summed E-state index contributed by atoms with van der Waals surface area (Å²) in [5.74, 6) is 1.18. The van der Waals surface area contributed by atoms with E-state index in [0.717, 1.165) is 5.69 Å². The van der Waals surface area contributed by atoms with Gasteiger partial charge in [0, 0.05) is 16.1 Å². The molecule has 6 nitrogen and oxygen atoms in total. The van der Waals surface area contributed by atoms with Crippen LogP contribution in [-0.4, -0.2) is 20.9 Å². The third-order valence-corrected chi connectivity index (χ3v) is 3.99. The highest BCUT2D eigenvalue weighted by Crippen LogP contribution is 2.22. The summed E-state index contributed by atoms with van der Waals surface area (Å²) >= 11 is 6.10. The fourth-order valence-electron chi connectivity index (χ4n) is 2.38. The normalized spacial score (nSPS) is 11.3. The van der Waals surface area contributed by atoms with Crippen LogP contribution in [0.2, 0.25) is 5.02 Å². The molecule has 0 bridgehead atoms. The maximum Gasteiger partial charge on any atom is 0.412 e. The summed E-state index contributed by atoms with van der Waals surface area (Å²) in [5.41, 5.74) is 1.17. The van der Waals surface area contributed by atoms with Crippen LogP contribution in [0.25, 0.3) is 5.69 Å². The Labute approximate surface area is 163 Å². The van der Waals surface area contributed by atoms with Gasteiger partial charge >= 0.3 is 6.09 Å². The van der Waals surface area contributed by atoms with Gasteiger partial charge < -0.3 is 4.74 Å². The second-order valence-electron chi connectivity index (χ2n) is 7.06. The highest BCUT2D eigenvalue weighted by Gasteiger charge is 2.23. The molecule has 7 heteroatoms. The van der Waals surface area contributed by atoms with Gasteiger partial charge in [0.05, 0.1) is 5.69 Å². The van der Waals surface area contributed by atoms with Crippen molar-refractivity contribution in [3.05, 3.63) is 71.3 Å². The number of carbonyl (C=O) groups excluding carboxylic acids is 1. The fraction of sp³-hybridized carbons (Fsp3) is 0.250. The van der Waals surface area contributed by atoms with Crippen LogP contribution in [0.4, 0.5) is 10.5 Å². The number of ether oxygens (including phenoxy) is 1. The molecule has 0 atom stereocenters. The number of amides is 1. The lowest BCUT2D eigenvalue weighted by Gasteiger charge is -2.12. The Morgan fingerprint density at radius 3 is 2.56 bits per heavy atom. The van der Waals surface area contributed by atoms with Crippen molar-refractivity contribution in [2.75, 3.05) is 5.32 Å². The molecule has 1 heterocycles. The van der Waals surface area contributed by atoms with E-state index in [2.05, 4.69) is 15.4 Å². The van der Waals surface area contributed by atoms with Crippen LogP contribution in [-0.2, 0) is 16.8 Å². The number of rotatable bonds is 4. The first-order valence-corrected chi connectivity index (χ1v) is 8.92. The standard InChI is InChI=1S/C20H21ClN4O2/c1-20(2,3)18-23-17(25(24-18)16-11-7-8-14(21)12-16)13-27-19(26)22-15-9-5-4-6-10-15/h4-12H,13H2,1-3H3,(H,22,26). The molecule has 0 aliphatic carbocycles. The molecule has 27 heavy (non-hydrogen) atoms. The Hall–Kier alpha value is -2.86. The number of nitrogens with zero attached hydrogens (tertiary/aromatic N) is 3. The molecule has 1 aromatic heterocycles. The van der Waals surface area contributed by atoms with Gasteiger partial charge in [-0.25, -0.2) is 14.5 Å². The molecule has 1 amide bonds. The van der Waals surface area contributed by atoms with Gasteiger partial charge in [0.15, 0.2) is 18.3 Å². The lowest BCUT2D eigenvalue weighted by molar-refractivity contribution is 0.151. The van der Waals surface area contributed by atoms with Crippen molar-refractivity contribution < 1.29 is 9.53 Å². The van der Waals surface area contributed by atoms with Crippen LogP contribution in [0.15, 0.2) is 54.6 Å². The quantitative estimate of drug-likeness (QED) is 0.689. The highest BCUT2D eigenvalue weighted by molar-refractivity contribution is 6.30. The SMILES string of the molecule is CC(C)(C)c1nc(COC(=O)Nc2ccccc2)n(-c2cccc(Cl)c2)n1. The predicted octanol–water partition coefficient (Wildman–Crippen LogP) is 4.97. The molecule has 0 saturated heterocycles. The van der Waals surface area contributed by atoms with E-state index in [9.17, 15) is 4.79 Å². The Bertz CT molecular complexity index is 933. The summed E-state index contributed by atoms with van der Waals surface area (Å²) in [6.07, 6.45) is -0.556. The summed E-state index contributed by atoms with van der Waals surface area (Å²) < 4.78 is 7.00. The van der Waals surface area contributed by atoms with Gasteiger partial charge in [0.1, 0.15) is 0 Å². The summed E-state index contributed by atoms with van der Waals surface area (Å²) in [6.45, 7) is 6.06. The molecule has 0 radical (unpaired) electrons. The largest absolute Gasteiger partial charge is 0.441 e. The molecule has 3 aromatic rings. The van der Waals surface area contributed by atoms with Crippen molar-refractivity contribution in [3.63, 3.8) is 0 Å². The number of para-hydroxylation sites is 1. The number of hydrogen-bond donors (Lipinski definition) is 1. The molecular weight excluding hydrogens is 364 g/mol. The van der Waals surface area contributed by atoms with Crippen molar-refractivity contribution in [1.82, 2.24) is 14.8 Å². The molecule has 0 aliphatic rings. The fourth-order valence-corrected chi connectivity index (χ4v) is 2.56. The van der Waals surface area contributed by atoms with Crippen LogP contribution >= 0.6 is 11.6 Å². The average Bonchev–Trinajstić information content (AvgIpc) is 3.05. The number of aromatic nitrogens is 3. The summed E-state index contributed by atoms with van der Waals surface area (Å²) in [7, 11) is 0. The zero-order valence-electron chi connectivity index (χ0n) is 15.4. The van der Waals surface area contributed by atoms with Gasteiger partial charge in [-0.15, -0.1) is 0 Å². The Balaban J connectivity index is 1.81. The molecule has 140 valence electrons. The first-order valence-electron chi connectivity index (χ1n) is 8.54. The monoisotopic (exact) mass is 384 g/mol. The third kappa shape index (κ3) is 4.86. The maximum atomic E-state index is 12.1. The number of nitrogens with one attached hydrogen (secondary N) is 1. The first-order chi connectivity index (χ1) is 12.8. The van der Waals surface area contributed by atoms with E-state index in [0.29, 0.717) is 22.4 Å². The Morgan fingerprint density at radius 2 is 1.89 bits per heavy atom. The lowest BCUT2D eigenvalue weighted by atomic mass is 9.96. The van der Waals surface area contributed by atoms with Crippen molar-refractivity contribution in [3.8, 4) is 5.69 Å². The third-order valence-electron chi connectivity index (χ3n) is 3.75. The molecule has 0 aliphatic heterocycles. The van der Waals surface area contributed by atoms with Crippen LogP contribution in [0.3, 0.4) is 0 Å². The highest BCUT2D eigenvalue weighted by atomic mass is 35.5. The van der Waals surface area contributed by atoms with E-state index in [4.69, 9.17) is 16.3 Å². The number of anilines is 1. The molecule has 0 unspecified atom stereocenters. The van der Waals surface area contributed by atoms with Crippen LogP contribution in [0.5, 0.6) is 0 Å². The Morgan fingerprint density at radius 1 is 1.15 bits per heavy atom. The van der Waals surface area contributed by atoms with Crippen molar-refractivity contribution in [1.29, 1.82) is 0 Å². The second-order valence-corrected chi connectivity index (χ2v) is 7.50. The maximum absolute atomic E-state index is 12.1. The molecule has 0 fully saturated rings. The minimum Gasteiger partial charge on any atom is -0.441 e. The topological polar surface area (TPSA) is 69.0 Å². The minimum absolute atomic E-state index is 0.0196. The molecular formula is C20H21ClN4O2. The van der Waals surface area contributed by atoms with Gasteiger partial charge in [-0.3, -0.25) is 5.32 Å². The molecule has 3 rings (SSSR count). The van der Waals surface area contributed by atoms with E-state index < -0.39 is 6.09 Å². The number of carbonyl (C=O) groups is 1. The zero-order chi connectivity index (χ0) is 19.4. The molecule has 0 saturated carbocycles. The van der Waals surface area contributed by atoms with Gasteiger partial charge in [-0.05, 0) is 30.3 Å². The van der Waals surface area contributed by atoms with Crippen molar-refractivity contribution in [2.24, 2.45) is 0 Å². The molecule has 0 spiro atoms. The van der Waals surface area contributed by atoms with Crippen LogP contribution in [0.1, 0.15) is 32.4 Å². The minimum atomic E-state index is -0.556. The van der Waals surface area contributed by atoms with E-state index in [1.54, 1.807) is 28.9 Å². The van der Waals surface area contributed by atoms with E-state index in [1.807, 2.05) is 51.1 Å². The first kappa shape index (κ1) is 18.9. The van der Waals surface area contributed by atoms with Crippen molar-refractivity contribution in [2.45, 2.75) is 32.8 Å². The molecule has 2 aromatic carbocycles. The lowest BCUT2D eigenvalue weighted by Crippen LogP contribution is -2.15. The average molecular weight is 385 g/mol. The number of hydrogen-bond acceptors (Lipinski definition) is 4. The Kier molecular flexibility index (Phi) is 5.46. The summed E-state index contributed by atoms with van der Waals surface area (Å²) in [5, 5.41) is 7.86. The van der Waals surface area contributed by atoms with E-state index in [1.165, 1.54) is 0 Å². The van der Waals surface area contributed by atoms with Gasteiger partial charge in [0.25, 0.3) is 0 Å². The van der Waals surface area contributed by atoms with Gasteiger partial charge in [-0.2, -0.15) is 5.10 Å². The van der Waals surface area contributed by atoms with Gasteiger partial charge in [0.2, 0.25) is 0 Å². The smallest absolute Gasteiger partial charge is 0.412 e. The summed E-state index contributed by atoms with van der Waals surface area (Å²) in [6, 6.07) is 16.4. The second kappa shape index (κ2) is 7.80. The van der Waals surface area contributed by atoms with E-state index >= 15 is 0 Å². The van der Waals surface area contributed by atoms with E-state index in [-0.39, 0.29) is 12.0 Å². The van der Waals surface area contributed by atoms with Crippen molar-refractivity contribution >= 4 is 23.4 Å². The van der Waals surface area contributed by atoms with Gasteiger partial charge in [-0.1, -0.05) is 56.6 Å². The predicted molar refractivity (Wildman–Crippen MR) is 105 cm³/mol. The molecule has 1 N–H and O–H groups in total. The van der Waals surface area contributed by atoms with Crippen LogP contribution in [0, 0.1) is 0 Å². The number of halogens is 1.